The van der Waals surface area contributed by atoms with E-state index in [1.54, 1.807) is 19.9 Å². The summed E-state index contributed by atoms with van der Waals surface area (Å²) in [5, 5.41) is 7.35. The molecule has 2 aromatic rings. The molecule has 0 aliphatic carbocycles. The Hall–Kier alpha value is -2.10. The van der Waals surface area contributed by atoms with Gasteiger partial charge < -0.3 is 14.7 Å². The van der Waals surface area contributed by atoms with Gasteiger partial charge in [-0.15, -0.1) is 0 Å². The van der Waals surface area contributed by atoms with Crippen LogP contribution in [0.5, 0.6) is 0 Å². The lowest BCUT2D eigenvalue weighted by Gasteiger charge is -2.33. The summed E-state index contributed by atoms with van der Waals surface area (Å²) in [5.74, 6) is -0.379. The summed E-state index contributed by atoms with van der Waals surface area (Å²) in [6, 6.07) is 5.54. The molecule has 1 unspecified atom stereocenters. The average Bonchev–Trinajstić information content (AvgIpc) is 3.13. The number of piperidine rings is 2. The van der Waals surface area contributed by atoms with Crippen LogP contribution in [-0.4, -0.2) is 50.0 Å². The number of aromatic nitrogens is 1. The van der Waals surface area contributed by atoms with Gasteiger partial charge in [0, 0.05) is 31.2 Å². The molecule has 1 amide bonds. The number of benzene rings is 1. The third kappa shape index (κ3) is 4.65. The Kier molecular flexibility index (Phi) is 6.78. The van der Waals surface area contributed by atoms with E-state index in [1.807, 2.05) is 12.1 Å². The van der Waals surface area contributed by atoms with Crippen LogP contribution in [0.4, 0.5) is 11.4 Å². The lowest BCUT2D eigenvalue weighted by Crippen LogP contribution is -2.44. The van der Waals surface area contributed by atoms with Gasteiger partial charge in [0.1, 0.15) is 10.6 Å². The fourth-order valence-electron chi connectivity index (χ4n) is 4.60. The van der Waals surface area contributed by atoms with Crippen molar-refractivity contribution in [1.82, 2.24) is 9.46 Å². The van der Waals surface area contributed by atoms with Crippen molar-refractivity contribution in [2.75, 3.05) is 36.4 Å². The monoisotopic (exact) mass is 480 g/mol. The van der Waals surface area contributed by atoms with Crippen molar-refractivity contribution < 1.29 is 17.7 Å². The predicted octanol–water partition coefficient (Wildman–Crippen LogP) is 3.97. The van der Waals surface area contributed by atoms with Gasteiger partial charge in [-0.3, -0.25) is 4.79 Å². The maximum atomic E-state index is 13.2. The molecule has 1 aromatic heterocycles. The van der Waals surface area contributed by atoms with Crippen LogP contribution in [0.15, 0.2) is 27.6 Å². The molecule has 0 saturated carbocycles. The highest BCUT2D eigenvalue weighted by Crippen LogP contribution is 2.33. The zero-order chi connectivity index (χ0) is 22.9. The zero-order valence-corrected chi connectivity index (χ0v) is 20.0. The first-order valence-electron chi connectivity index (χ1n) is 11.1. The van der Waals surface area contributed by atoms with Crippen molar-refractivity contribution in [2.24, 2.45) is 5.92 Å². The minimum Gasteiger partial charge on any atom is -0.370 e. The summed E-state index contributed by atoms with van der Waals surface area (Å²) >= 11 is 6.22. The van der Waals surface area contributed by atoms with Gasteiger partial charge in [0.15, 0.2) is 5.76 Å². The molecule has 10 heteroatoms. The molecular weight excluding hydrogens is 452 g/mol. The minimum atomic E-state index is -3.78. The molecule has 1 N–H and O–H groups in total. The van der Waals surface area contributed by atoms with Crippen molar-refractivity contribution in [1.29, 1.82) is 0 Å². The maximum Gasteiger partial charge on any atom is 0.248 e. The number of anilines is 2. The predicted molar refractivity (Wildman–Crippen MR) is 124 cm³/mol. The molecule has 2 saturated heterocycles. The fourth-order valence-corrected chi connectivity index (χ4v) is 6.59. The van der Waals surface area contributed by atoms with E-state index in [9.17, 15) is 13.2 Å². The van der Waals surface area contributed by atoms with E-state index in [2.05, 4.69) is 15.4 Å². The number of halogens is 1. The molecule has 4 rings (SSSR count). The molecule has 2 aliphatic rings. The molecule has 0 radical (unpaired) electrons. The second-order valence-electron chi connectivity index (χ2n) is 8.55. The second-order valence-corrected chi connectivity index (χ2v) is 10.9. The Morgan fingerprint density at radius 2 is 1.91 bits per heavy atom. The highest BCUT2D eigenvalue weighted by Gasteiger charge is 2.36. The molecular formula is C22H29ClN4O4S. The average molecular weight is 481 g/mol. The van der Waals surface area contributed by atoms with Crippen LogP contribution in [0.2, 0.25) is 5.02 Å². The van der Waals surface area contributed by atoms with E-state index in [4.69, 9.17) is 16.1 Å². The summed E-state index contributed by atoms with van der Waals surface area (Å²) in [5.41, 5.74) is 1.97. The van der Waals surface area contributed by atoms with Gasteiger partial charge in [-0.2, -0.15) is 4.31 Å². The number of nitrogens with one attached hydrogen (secondary N) is 1. The van der Waals surface area contributed by atoms with Gasteiger partial charge in [0.25, 0.3) is 0 Å². The number of hydrogen-bond acceptors (Lipinski definition) is 6. The highest BCUT2D eigenvalue weighted by molar-refractivity contribution is 7.89. The molecule has 0 bridgehead atoms. The van der Waals surface area contributed by atoms with Crippen molar-refractivity contribution in [3.63, 3.8) is 0 Å². The second kappa shape index (κ2) is 9.41. The minimum absolute atomic E-state index is 0.0979. The first-order chi connectivity index (χ1) is 15.3. The van der Waals surface area contributed by atoms with Crippen molar-refractivity contribution in [3.05, 3.63) is 34.7 Å². The van der Waals surface area contributed by atoms with Gasteiger partial charge in [-0.25, -0.2) is 8.42 Å². The molecule has 2 fully saturated rings. The largest absolute Gasteiger partial charge is 0.370 e. The Bertz CT molecular complexity index is 1080. The third-order valence-corrected chi connectivity index (χ3v) is 8.58. The smallest absolute Gasteiger partial charge is 0.248 e. The summed E-state index contributed by atoms with van der Waals surface area (Å²) in [6.07, 6.45) is 4.68. The number of amides is 1. The number of sulfonamides is 1. The highest BCUT2D eigenvalue weighted by atomic mass is 35.5. The van der Waals surface area contributed by atoms with Crippen molar-refractivity contribution in [2.45, 2.75) is 50.8 Å². The van der Waals surface area contributed by atoms with Gasteiger partial charge in [0.05, 0.1) is 17.3 Å². The molecule has 1 atom stereocenters. The van der Waals surface area contributed by atoms with E-state index >= 15 is 0 Å². The Labute approximate surface area is 193 Å². The zero-order valence-electron chi connectivity index (χ0n) is 18.4. The summed E-state index contributed by atoms with van der Waals surface area (Å²) in [6.45, 7) is 5.57. The van der Waals surface area contributed by atoms with E-state index in [0.717, 1.165) is 31.6 Å². The number of nitrogens with zero attached hydrogens (tertiary/aromatic N) is 3. The van der Waals surface area contributed by atoms with Crippen LogP contribution < -0.4 is 10.2 Å². The van der Waals surface area contributed by atoms with E-state index in [0.29, 0.717) is 35.8 Å². The van der Waals surface area contributed by atoms with Crippen LogP contribution >= 0.6 is 11.6 Å². The van der Waals surface area contributed by atoms with Crippen molar-refractivity contribution in [3.8, 4) is 0 Å². The first-order valence-corrected chi connectivity index (χ1v) is 12.9. The molecule has 3 heterocycles. The number of carbonyl (C=O) groups excluding carboxylic acids is 1. The summed E-state index contributed by atoms with van der Waals surface area (Å²) < 4.78 is 32.8. The van der Waals surface area contributed by atoms with Crippen molar-refractivity contribution >= 4 is 38.9 Å². The normalized spacial score (nSPS) is 20.3. The summed E-state index contributed by atoms with van der Waals surface area (Å²) in [4.78, 5) is 15.5. The molecule has 32 heavy (non-hydrogen) atoms. The molecule has 0 spiro atoms. The maximum absolute atomic E-state index is 13.2. The lowest BCUT2D eigenvalue weighted by atomic mass is 9.98. The summed E-state index contributed by atoms with van der Waals surface area (Å²) in [7, 11) is -3.78. The molecule has 174 valence electrons. The van der Waals surface area contributed by atoms with Crippen LogP contribution in [0.1, 0.15) is 43.6 Å². The first kappa shape index (κ1) is 23.1. The van der Waals surface area contributed by atoms with E-state index < -0.39 is 15.9 Å². The van der Waals surface area contributed by atoms with E-state index in [1.165, 1.54) is 10.7 Å². The van der Waals surface area contributed by atoms with Crippen LogP contribution in [0.25, 0.3) is 0 Å². The Balaban J connectivity index is 1.52. The van der Waals surface area contributed by atoms with Gasteiger partial charge in [-0.05, 0) is 64.2 Å². The SMILES string of the molecule is Cc1noc(C)c1S(=O)(=O)N1CCCC(C(=O)Nc2cc(Cl)ccc2N2CCCCC2)C1. The topological polar surface area (TPSA) is 95.8 Å². The third-order valence-electron chi connectivity index (χ3n) is 6.23. The number of carbonyl (C=O) groups is 1. The number of hydrogen-bond donors (Lipinski definition) is 1. The van der Waals surface area contributed by atoms with Gasteiger partial charge in [0.2, 0.25) is 15.9 Å². The molecule has 8 nitrogen and oxygen atoms in total. The lowest BCUT2D eigenvalue weighted by molar-refractivity contribution is -0.120. The van der Waals surface area contributed by atoms with Gasteiger partial charge in [-0.1, -0.05) is 16.8 Å². The van der Waals surface area contributed by atoms with E-state index in [-0.39, 0.29) is 23.1 Å². The van der Waals surface area contributed by atoms with Crippen LogP contribution in [-0.2, 0) is 14.8 Å². The van der Waals surface area contributed by atoms with Gasteiger partial charge >= 0.3 is 0 Å². The standard InChI is InChI=1S/C22H29ClN4O4S/c1-15-21(16(2)31-25-15)32(29,30)27-12-6-7-17(14-27)22(28)24-19-13-18(23)8-9-20(19)26-10-4-3-5-11-26/h8-9,13,17H,3-7,10-12,14H2,1-2H3,(H,24,28). The molecule has 1 aromatic carbocycles. The quantitative estimate of drug-likeness (QED) is 0.695. The fraction of sp³-hybridized carbons (Fsp3) is 0.545. The van der Waals surface area contributed by atoms with Crippen LogP contribution in [0, 0.1) is 19.8 Å². The number of rotatable bonds is 5. The molecule has 2 aliphatic heterocycles. The Morgan fingerprint density at radius 1 is 1.16 bits per heavy atom. The van der Waals surface area contributed by atoms with Crippen LogP contribution in [0.3, 0.4) is 0 Å². The number of aryl methyl sites for hydroxylation is 2. The Morgan fingerprint density at radius 3 is 2.59 bits per heavy atom.